The number of nitrogens with one attached hydrogen (secondary N) is 1. The number of anilines is 1. The Morgan fingerprint density at radius 1 is 1.04 bits per heavy atom. The molecule has 1 heterocycles. The van der Waals surface area contributed by atoms with E-state index in [0.717, 1.165) is 22.2 Å². The van der Waals surface area contributed by atoms with Crippen molar-refractivity contribution in [1.82, 2.24) is 5.01 Å². The number of hydrogen-bond acceptors (Lipinski definition) is 3. The van der Waals surface area contributed by atoms with Crippen molar-refractivity contribution in [3.8, 4) is 0 Å². The Kier molecular flexibility index (Phi) is 5.60. The van der Waals surface area contributed by atoms with Gasteiger partial charge in [-0.1, -0.05) is 42.5 Å². The van der Waals surface area contributed by atoms with Gasteiger partial charge < -0.3 is 5.32 Å². The third kappa shape index (κ3) is 4.54. The first-order valence-corrected chi connectivity index (χ1v) is 8.90. The van der Waals surface area contributed by atoms with Crippen LogP contribution in [-0.2, 0) is 9.59 Å². The summed E-state index contributed by atoms with van der Waals surface area (Å²) in [6, 6.07) is 17.2. The van der Waals surface area contributed by atoms with Gasteiger partial charge in [0.15, 0.2) is 0 Å². The first-order chi connectivity index (χ1) is 12.1. The molecule has 1 N–H and O–H groups in total. The lowest BCUT2D eigenvalue weighted by molar-refractivity contribution is -0.132. The average molecular weight is 400 g/mol. The molecule has 0 bridgehead atoms. The van der Waals surface area contributed by atoms with Crippen molar-refractivity contribution in [2.75, 3.05) is 11.9 Å². The molecule has 2 aromatic rings. The summed E-state index contributed by atoms with van der Waals surface area (Å²) >= 11 is 3.38. The van der Waals surface area contributed by atoms with Gasteiger partial charge in [0.05, 0.1) is 17.9 Å². The number of benzene rings is 2. The zero-order chi connectivity index (χ0) is 17.6. The smallest absolute Gasteiger partial charge is 0.243 e. The highest BCUT2D eigenvalue weighted by molar-refractivity contribution is 9.10. The molecule has 2 amide bonds. The fourth-order valence-electron chi connectivity index (χ4n) is 2.60. The first kappa shape index (κ1) is 17.4. The molecular weight excluding hydrogens is 382 g/mol. The van der Waals surface area contributed by atoms with E-state index in [-0.39, 0.29) is 24.7 Å². The molecular formula is C19H18BrN3O2. The Morgan fingerprint density at radius 2 is 1.76 bits per heavy atom. The van der Waals surface area contributed by atoms with Crippen molar-refractivity contribution in [2.24, 2.45) is 5.10 Å². The summed E-state index contributed by atoms with van der Waals surface area (Å²) in [5.41, 5.74) is 2.64. The third-order valence-corrected chi connectivity index (χ3v) is 4.60. The Bertz CT molecular complexity index is 805. The quantitative estimate of drug-likeness (QED) is 0.830. The number of nitrogens with zero attached hydrogens (tertiary/aromatic N) is 2. The number of amides is 2. The Labute approximate surface area is 154 Å². The lowest BCUT2D eigenvalue weighted by Crippen LogP contribution is -2.25. The van der Waals surface area contributed by atoms with Gasteiger partial charge in [-0.2, -0.15) is 5.10 Å². The molecule has 0 radical (unpaired) electrons. The van der Waals surface area contributed by atoms with Crippen molar-refractivity contribution < 1.29 is 9.59 Å². The molecule has 0 spiro atoms. The SMILES string of the molecule is O=C(CCC(=O)N1CCC(c2ccccc2)=N1)Nc1ccccc1Br. The summed E-state index contributed by atoms with van der Waals surface area (Å²) < 4.78 is 0.811. The molecule has 5 nitrogen and oxygen atoms in total. The van der Waals surface area contributed by atoms with Crippen molar-refractivity contribution in [2.45, 2.75) is 19.3 Å². The standard InChI is InChI=1S/C19H18BrN3O2/c20-15-8-4-5-9-17(15)21-18(24)10-11-19(25)23-13-12-16(22-23)14-6-2-1-3-7-14/h1-9H,10-13H2,(H,21,24). The molecule has 3 rings (SSSR count). The number of carbonyl (C=O) groups excluding carboxylic acids is 2. The lowest BCUT2D eigenvalue weighted by Gasteiger charge is -2.11. The van der Waals surface area contributed by atoms with Gasteiger partial charge in [-0.15, -0.1) is 0 Å². The van der Waals surface area contributed by atoms with Crippen molar-refractivity contribution in [3.63, 3.8) is 0 Å². The van der Waals surface area contributed by atoms with Gasteiger partial charge in [0.1, 0.15) is 0 Å². The van der Waals surface area contributed by atoms with Crippen LogP contribution in [0.4, 0.5) is 5.69 Å². The predicted molar refractivity (Wildman–Crippen MR) is 101 cm³/mol. The largest absolute Gasteiger partial charge is 0.325 e. The normalized spacial score (nSPS) is 13.5. The van der Waals surface area contributed by atoms with Crippen LogP contribution in [0.3, 0.4) is 0 Å². The second-order valence-corrected chi connectivity index (χ2v) is 6.56. The summed E-state index contributed by atoms with van der Waals surface area (Å²) in [6.45, 7) is 0.564. The number of halogens is 1. The number of para-hydroxylation sites is 1. The summed E-state index contributed by atoms with van der Waals surface area (Å²) in [6.07, 6.45) is 1.01. The van der Waals surface area contributed by atoms with E-state index >= 15 is 0 Å². The zero-order valence-corrected chi connectivity index (χ0v) is 15.2. The molecule has 6 heteroatoms. The fourth-order valence-corrected chi connectivity index (χ4v) is 2.98. The zero-order valence-electron chi connectivity index (χ0n) is 13.6. The van der Waals surface area contributed by atoms with Crippen LogP contribution in [0.2, 0.25) is 0 Å². The highest BCUT2D eigenvalue weighted by atomic mass is 79.9. The monoisotopic (exact) mass is 399 g/mol. The predicted octanol–water partition coefficient (Wildman–Crippen LogP) is 3.80. The molecule has 0 atom stereocenters. The van der Waals surface area contributed by atoms with Gasteiger partial charge in [0, 0.05) is 23.7 Å². The number of rotatable bonds is 5. The van der Waals surface area contributed by atoms with E-state index in [0.29, 0.717) is 12.2 Å². The minimum absolute atomic E-state index is 0.131. The van der Waals surface area contributed by atoms with Gasteiger partial charge in [0.25, 0.3) is 0 Å². The highest BCUT2D eigenvalue weighted by Gasteiger charge is 2.21. The van der Waals surface area contributed by atoms with Crippen LogP contribution < -0.4 is 5.32 Å². The van der Waals surface area contributed by atoms with E-state index in [2.05, 4.69) is 26.3 Å². The molecule has 0 fully saturated rings. The van der Waals surface area contributed by atoms with E-state index in [4.69, 9.17) is 0 Å². The van der Waals surface area contributed by atoms with Crippen LogP contribution in [0.15, 0.2) is 64.2 Å². The van der Waals surface area contributed by atoms with Crippen LogP contribution in [0.1, 0.15) is 24.8 Å². The summed E-state index contributed by atoms with van der Waals surface area (Å²) in [7, 11) is 0. The Balaban J connectivity index is 1.52. The third-order valence-electron chi connectivity index (χ3n) is 3.91. The number of hydrazone groups is 1. The Hall–Kier alpha value is -2.47. The second kappa shape index (κ2) is 8.07. The van der Waals surface area contributed by atoms with E-state index in [1.807, 2.05) is 48.5 Å². The summed E-state index contributed by atoms with van der Waals surface area (Å²) in [5, 5.41) is 8.66. The maximum absolute atomic E-state index is 12.3. The molecule has 0 saturated carbocycles. The molecule has 0 saturated heterocycles. The molecule has 2 aromatic carbocycles. The summed E-state index contributed by atoms with van der Waals surface area (Å²) in [4.78, 5) is 24.3. The van der Waals surface area contributed by atoms with E-state index in [1.165, 1.54) is 5.01 Å². The molecule has 1 aliphatic rings. The van der Waals surface area contributed by atoms with E-state index in [9.17, 15) is 9.59 Å². The topological polar surface area (TPSA) is 61.8 Å². The average Bonchev–Trinajstić information content (AvgIpc) is 3.13. The molecule has 0 unspecified atom stereocenters. The van der Waals surface area contributed by atoms with Gasteiger partial charge in [0.2, 0.25) is 11.8 Å². The minimum atomic E-state index is -0.188. The van der Waals surface area contributed by atoms with Gasteiger partial charge >= 0.3 is 0 Å². The van der Waals surface area contributed by atoms with Crippen LogP contribution in [0, 0.1) is 0 Å². The maximum atomic E-state index is 12.3. The van der Waals surface area contributed by atoms with Gasteiger partial charge in [-0.05, 0) is 33.6 Å². The van der Waals surface area contributed by atoms with Crippen LogP contribution in [0.5, 0.6) is 0 Å². The lowest BCUT2D eigenvalue weighted by atomic mass is 10.1. The van der Waals surface area contributed by atoms with Gasteiger partial charge in [-0.3, -0.25) is 9.59 Å². The summed E-state index contributed by atoms with van der Waals surface area (Å²) in [5.74, 6) is -0.320. The highest BCUT2D eigenvalue weighted by Crippen LogP contribution is 2.21. The van der Waals surface area contributed by atoms with Crippen LogP contribution in [-0.4, -0.2) is 29.1 Å². The molecule has 25 heavy (non-hydrogen) atoms. The minimum Gasteiger partial charge on any atom is -0.325 e. The Morgan fingerprint density at radius 3 is 2.52 bits per heavy atom. The van der Waals surface area contributed by atoms with Crippen molar-refractivity contribution in [3.05, 3.63) is 64.6 Å². The van der Waals surface area contributed by atoms with Gasteiger partial charge in [-0.25, -0.2) is 5.01 Å². The second-order valence-electron chi connectivity index (χ2n) is 5.71. The van der Waals surface area contributed by atoms with Crippen molar-refractivity contribution >= 4 is 39.1 Å². The molecule has 0 aromatic heterocycles. The van der Waals surface area contributed by atoms with E-state index in [1.54, 1.807) is 6.07 Å². The van der Waals surface area contributed by atoms with Crippen molar-refractivity contribution in [1.29, 1.82) is 0 Å². The molecule has 1 aliphatic heterocycles. The van der Waals surface area contributed by atoms with Crippen LogP contribution in [0.25, 0.3) is 0 Å². The maximum Gasteiger partial charge on any atom is 0.243 e. The number of carbonyl (C=O) groups is 2. The fraction of sp³-hybridized carbons (Fsp3) is 0.211. The first-order valence-electron chi connectivity index (χ1n) is 8.11. The van der Waals surface area contributed by atoms with E-state index < -0.39 is 0 Å². The molecule has 128 valence electrons. The molecule has 0 aliphatic carbocycles. The number of hydrogen-bond donors (Lipinski definition) is 1. The van der Waals surface area contributed by atoms with Crippen LogP contribution >= 0.6 is 15.9 Å².